The molecular formula is C19H26N4O3S3. The molecule has 1 saturated heterocycles. The molecule has 2 atom stereocenters. The molecule has 158 valence electrons. The Labute approximate surface area is 179 Å². The molecular weight excluding hydrogens is 428 g/mol. The third kappa shape index (κ3) is 4.11. The molecule has 2 aromatic rings. The zero-order valence-corrected chi connectivity index (χ0v) is 19.1. The monoisotopic (exact) mass is 454 g/mol. The summed E-state index contributed by atoms with van der Waals surface area (Å²) in [5.74, 6) is 0.626. The van der Waals surface area contributed by atoms with Crippen LogP contribution in [0.2, 0.25) is 0 Å². The molecule has 0 aromatic carbocycles. The van der Waals surface area contributed by atoms with Crippen LogP contribution in [0.4, 0.5) is 5.82 Å². The van der Waals surface area contributed by atoms with E-state index in [4.69, 9.17) is 10.7 Å². The molecule has 1 fully saturated rings. The predicted molar refractivity (Wildman–Crippen MR) is 118 cm³/mol. The third-order valence-electron chi connectivity index (χ3n) is 5.73. The fourth-order valence-corrected chi connectivity index (χ4v) is 8.18. The highest BCUT2D eigenvalue weighted by Gasteiger charge is 2.35. The number of nitrogens with two attached hydrogens (primary N) is 1. The SMILES string of the molecule is CCN(C(=O)[C@H](C)Sc1nc(N)c2c3c(sc2n1)CCCC3)[C@H]1CCS(=O)(=O)C1. The number of anilines is 1. The number of carbonyl (C=O) groups excluding carboxylic acids is 1. The molecule has 29 heavy (non-hydrogen) atoms. The van der Waals surface area contributed by atoms with Crippen molar-refractivity contribution in [1.29, 1.82) is 0 Å². The largest absolute Gasteiger partial charge is 0.383 e. The number of fused-ring (bicyclic) bond motifs is 3. The summed E-state index contributed by atoms with van der Waals surface area (Å²) < 4.78 is 23.6. The summed E-state index contributed by atoms with van der Waals surface area (Å²) in [5, 5.41) is 1.08. The average molecular weight is 455 g/mol. The molecule has 10 heteroatoms. The van der Waals surface area contributed by atoms with Crippen molar-refractivity contribution in [3.05, 3.63) is 10.4 Å². The lowest BCUT2D eigenvalue weighted by Gasteiger charge is -2.29. The number of thioether (sulfide) groups is 1. The topological polar surface area (TPSA) is 106 Å². The Morgan fingerprint density at radius 2 is 2.10 bits per heavy atom. The summed E-state index contributed by atoms with van der Waals surface area (Å²) in [7, 11) is -3.04. The minimum absolute atomic E-state index is 0.0557. The van der Waals surface area contributed by atoms with Gasteiger partial charge in [-0.2, -0.15) is 0 Å². The van der Waals surface area contributed by atoms with Crippen molar-refractivity contribution in [2.45, 2.75) is 62.4 Å². The normalized spacial score (nSPS) is 21.8. The van der Waals surface area contributed by atoms with Crippen molar-refractivity contribution in [2.75, 3.05) is 23.8 Å². The van der Waals surface area contributed by atoms with Gasteiger partial charge in [-0.3, -0.25) is 4.79 Å². The van der Waals surface area contributed by atoms with Gasteiger partial charge in [0.25, 0.3) is 0 Å². The number of thiophene rings is 1. The Morgan fingerprint density at radius 3 is 2.79 bits per heavy atom. The first-order chi connectivity index (χ1) is 13.8. The van der Waals surface area contributed by atoms with Crippen LogP contribution in [0.15, 0.2) is 5.16 Å². The molecule has 2 N–H and O–H groups in total. The molecule has 0 spiro atoms. The van der Waals surface area contributed by atoms with Crippen LogP contribution < -0.4 is 5.73 Å². The molecule has 1 amide bonds. The number of aromatic nitrogens is 2. The van der Waals surface area contributed by atoms with Crippen molar-refractivity contribution < 1.29 is 13.2 Å². The highest BCUT2D eigenvalue weighted by Crippen LogP contribution is 2.39. The van der Waals surface area contributed by atoms with E-state index in [0.717, 1.165) is 23.1 Å². The van der Waals surface area contributed by atoms with Gasteiger partial charge in [-0.25, -0.2) is 18.4 Å². The lowest BCUT2D eigenvalue weighted by Crippen LogP contribution is -2.44. The van der Waals surface area contributed by atoms with Crippen LogP contribution in [0.1, 0.15) is 43.6 Å². The van der Waals surface area contributed by atoms with Gasteiger partial charge in [0.15, 0.2) is 15.0 Å². The first-order valence-corrected chi connectivity index (χ1v) is 13.6. The summed E-state index contributed by atoms with van der Waals surface area (Å²) in [6.45, 7) is 4.20. The molecule has 1 aliphatic carbocycles. The van der Waals surface area contributed by atoms with Crippen molar-refractivity contribution in [3.8, 4) is 0 Å². The number of nitrogen functional groups attached to an aromatic ring is 1. The van der Waals surface area contributed by atoms with E-state index >= 15 is 0 Å². The second kappa shape index (κ2) is 8.03. The summed E-state index contributed by atoms with van der Waals surface area (Å²) in [6, 6.07) is -0.238. The van der Waals surface area contributed by atoms with Crippen LogP contribution in [0.3, 0.4) is 0 Å². The number of carbonyl (C=O) groups is 1. The van der Waals surface area contributed by atoms with Crippen LogP contribution in [0.25, 0.3) is 10.2 Å². The predicted octanol–water partition coefficient (Wildman–Crippen LogP) is 2.67. The maximum Gasteiger partial charge on any atom is 0.236 e. The van der Waals surface area contributed by atoms with E-state index in [1.165, 1.54) is 35.0 Å². The first kappa shape index (κ1) is 20.9. The van der Waals surface area contributed by atoms with Crippen molar-refractivity contribution >= 4 is 54.9 Å². The summed E-state index contributed by atoms with van der Waals surface area (Å²) >= 11 is 2.98. The van der Waals surface area contributed by atoms with Crippen LogP contribution in [-0.2, 0) is 27.5 Å². The number of amides is 1. The van der Waals surface area contributed by atoms with Crippen LogP contribution >= 0.6 is 23.1 Å². The second-order valence-corrected chi connectivity index (χ2v) is 12.3. The van der Waals surface area contributed by atoms with E-state index in [0.29, 0.717) is 23.9 Å². The van der Waals surface area contributed by atoms with Gasteiger partial charge in [0.2, 0.25) is 5.91 Å². The third-order valence-corrected chi connectivity index (χ3v) is 9.61. The van der Waals surface area contributed by atoms with Crippen molar-refractivity contribution in [3.63, 3.8) is 0 Å². The van der Waals surface area contributed by atoms with Gasteiger partial charge < -0.3 is 10.6 Å². The number of aryl methyl sites for hydroxylation is 2. The molecule has 4 rings (SSSR count). The van der Waals surface area contributed by atoms with Crippen molar-refractivity contribution in [2.24, 2.45) is 0 Å². The number of hydrogen-bond acceptors (Lipinski definition) is 8. The van der Waals surface area contributed by atoms with Crippen LogP contribution in [0.5, 0.6) is 0 Å². The highest BCUT2D eigenvalue weighted by molar-refractivity contribution is 8.00. The lowest BCUT2D eigenvalue weighted by molar-refractivity contribution is -0.131. The van der Waals surface area contributed by atoms with Gasteiger partial charge in [-0.1, -0.05) is 11.8 Å². The van der Waals surface area contributed by atoms with Gasteiger partial charge in [0, 0.05) is 17.5 Å². The molecule has 2 aliphatic rings. The zero-order chi connectivity index (χ0) is 20.8. The fraction of sp³-hybridized carbons (Fsp3) is 0.632. The smallest absolute Gasteiger partial charge is 0.236 e. The molecule has 0 bridgehead atoms. The quantitative estimate of drug-likeness (QED) is 0.547. The second-order valence-electron chi connectivity index (χ2n) is 7.72. The lowest BCUT2D eigenvalue weighted by atomic mass is 9.97. The van der Waals surface area contributed by atoms with E-state index < -0.39 is 15.1 Å². The Kier molecular flexibility index (Phi) is 5.78. The Hall–Kier alpha value is -1.39. The van der Waals surface area contributed by atoms with E-state index in [-0.39, 0.29) is 23.5 Å². The van der Waals surface area contributed by atoms with Gasteiger partial charge in [0.1, 0.15) is 10.6 Å². The summed E-state index contributed by atoms with van der Waals surface area (Å²) in [4.78, 5) is 26.1. The molecule has 3 heterocycles. The van der Waals surface area contributed by atoms with E-state index in [9.17, 15) is 13.2 Å². The van der Waals surface area contributed by atoms with Gasteiger partial charge in [0.05, 0.1) is 22.1 Å². The van der Waals surface area contributed by atoms with Crippen LogP contribution in [-0.4, -0.2) is 58.5 Å². The maximum absolute atomic E-state index is 13.0. The molecule has 0 unspecified atom stereocenters. The average Bonchev–Trinajstić information content (AvgIpc) is 3.21. The van der Waals surface area contributed by atoms with Crippen molar-refractivity contribution in [1.82, 2.24) is 14.9 Å². The minimum Gasteiger partial charge on any atom is -0.383 e. The van der Waals surface area contributed by atoms with Gasteiger partial charge in [-0.15, -0.1) is 11.3 Å². The Balaban J connectivity index is 1.53. The minimum atomic E-state index is -3.04. The molecule has 0 radical (unpaired) electrons. The molecule has 1 aliphatic heterocycles. The molecule has 7 nitrogen and oxygen atoms in total. The summed E-state index contributed by atoms with van der Waals surface area (Å²) in [5.41, 5.74) is 7.57. The number of nitrogens with zero attached hydrogens (tertiary/aromatic N) is 3. The number of rotatable bonds is 5. The zero-order valence-electron chi connectivity index (χ0n) is 16.7. The molecule has 2 aromatic heterocycles. The summed E-state index contributed by atoms with van der Waals surface area (Å²) in [6.07, 6.45) is 4.98. The highest BCUT2D eigenvalue weighted by atomic mass is 32.2. The Morgan fingerprint density at radius 1 is 1.34 bits per heavy atom. The standard InChI is InChI=1S/C19H26N4O3S3/c1-3-23(12-8-9-29(25,26)10-12)18(24)11(2)27-19-21-16(20)15-13-6-4-5-7-14(13)28-17(15)22-19/h11-12H,3-10H2,1-2H3,(H2,20,21,22)/t11-,12-/m0/s1. The van der Waals surface area contributed by atoms with E-state index in [1.54, 1.807) is 16.2 Å². The van der Waals surface area contributed by atoms with E-state index in [1.807, 2.05) is 13.8 Å². The first-order valence-electron chi connectivity index (χ1n) is 10.0. The van der Waals surface area contributed by atoms with E-state index in [2.05, 4.69) is 4.98 Å². The molecule has 0 saturated carbocycles. The van der Waals surface area contributed by atoms with Gasteiger partial charge >= 0.3 is 0 Å². The van der Waals surface area contributed by atoms with Crippen LogP contribution in [0, 0.1) is 0 Å². The number of hydrogen-bond donors (Lipinski definition) is 1. The maximum atomic E-state index is 13.0. The Bertz CT molecular complexity index is 1050. The fourth-order valence-electron chi connectivity index (χ4n) is 4.28. The van der Waals surface area contributed by atoms with Gasteiger partial charge in [-0.05, 0) is 51.5 Å². The number of sulfone groups is 1.